The van der Waals surface area contributed by atoms with Gasteiger partial charge in [-0.1, -0.05) is 30.3 Å². The van der Waals surface area contributed by atoms with Crippen molar-refractivity contribution in [2.45, 2.75) is 19.3 Å². The SMILES string of the molecule is CNC(=O)C1(Cc2ccccc2F)CN(C(=O)c2cccc3c2NCCC3)C1. The molecule has 146 valence electrons. The van der Waals surface area contributed by atoms with Crippen LogP contribution < -0.4 is 10.6 Å². The van der Waals surface area contributed by atoms with Gasteiger partial charge in [-0.25, -0.2) is 4.39 Å². The monoisotopic (exact) mass is 381 g/mol. The molecule has 5 nitrogen and oxygen atoms in total. The van der Waals surface area contributed by atoms with Gasteiger partial charge in [0.1, 0.15) is 5.82 Å². The highest BCUT2D eigenvalue weighted by atomic mass is 19.1. The number of hydrogen-bond donors (Lipinski definition) is 2. The quantitative estimate of drug-likeness (QED) is 0.856. The molecule has 0 saturated carbocycles. The number of likely N-dealkylation sites (tertiary alicyclic amines) is 1. The zero-order valence-electron chi connectivity index (χ0n) is 15.9. The molecule has 2 aliphatic rings. The van der Waals surface area contributed by atoms with Crippen molar-refractivity contribution in [1.29, 1.82) is 0 Å². The van der Waals surface area contributed by atoms with E-state index in [1.807, 2.05) is 18.2 Å². The van der Waals surface area contributed by atoms with Gasteiger partial charge in [0.25, 0.3) is 5.91 Å². The summed E-state index contributed by atoms with van der Waals surface area (Å²) in [5, 5.41) is 6.03. The summed E-state index contributed by atoms with van der Waals surface area (Å²) in [4.78, 5) is 27.4. The van der Waals surface area contributed by atoms with Gasteiger partial charge in [-0.15, -0.1) is 0 Å². The predicted octanol–water partition coefficient (Wildman–Crippen LogP) is 2.61. The average Bonchev–Trinajstić information content (AvgIpc) is 2.70. The predicted molar refractivity (Wildman–Crippen MR) is 106 cm³/mol. The number of carbonyl (C=O) groups excluding carboxylic acids is 2. The van der Waals surface area contributed by atoms with E-state index in [1.54, 1.807) is 30.1 Å². The Labute approximate surface area is 163 Å². The van der Waals surface area contributed by atoms with E-state index in [4.69, 9.17) is 0 Å². The number of nitrogens with one attached hydrogen (secondary N) is 2. The van der Waals surface area contributed by atoms with Gasteiger partial charge in [0.05, 0.1) is 16.7 Å². The molecule has 2 amide bonds. The fraction of sp³-hybridized carbons (Fsp3) is 0.364. The fourth-order valence-electron chi connectivity index (χ4n) is 4.29. The summed E-state index contributed by atoms with van der Waals surface area (Å²) in [6.07, 6.45) is 2.28. The Hall–Kier alpha value is -2.89. The van der Waals surface area contributed by atoms with Crippen LogP contribution in [0.25, 0.3) is 0 Å². The average molecular weight is 381 g/mol. The largest absolute Gasteiger partial charge is 0.384 e. The summed E-state index contributed by atoms with van der Waals surface area (Å²) in [6, 6.07) is 12.3. The van der Waals surface area contributed by atoms with Gasteiger partial charge in [-0.05, 0) is 42.5 Å². The minimum absolute atomic E-state index is 0.0840. The number of nitrogens with zero attached hydrogens (tertiary/aromatic N) is 1. The molecule has 1 fully saturated rings. The first-order chi connectivity index (χ1) is 13.5. The molecule has 2 aromatic rings. The van der Waals surface area contributed by atoms with Gasteiger partial charge in [0.2, 0.25) is 5.91 Å². The molecule has 4 rings (SSSR count). The number of anilines is 1. The standard InChI is InChI=1S/C22H24FN3O2/c1-24-21(28)22(12-16-6-2-3-10-18(16)23)13-26(14-22)20(27)17-9-4-7-15-8-5-11-25-19(15)17/h2-4,6-7,9-10,25H,5,8,11-14H2,1H3,(H,24,28). The number of halogens is 1. The Kier molecular flexibility index (Phi) is 4.79. The third-order valence-electron chi connectivity index (χ3n) is 5.78. The van der Waals surface area contributed by atoms with Crippen molar-refractivity contribution in [3.63, 3.8) is 0 Å². The van der Waals surface area contributed by atoms with Crippen molar-refractivity contribution in [2.75, 3.05) is 32.0 Å². The molecule has 2 aromatic carbocycles. The van der Waals surface area contributed by atoms with Crippen molar-refractivity contribution >= 4 is 17.5 Å². The topological polar surface area (TPSA) is 61.4 Å². The molecular formula is C22H24FN3O2. The Bertz CT molecular complexity index is 922. The van der Waals surface area contributed by atoms with Crippen LogP contribution in [0.2, 0.25) is 0 Å². The van der Waals surface area contributed by atoms with Gasteiger partial charge >= 0.3 is 0 Å². The third kappa shape index (κ3) is 3.13. The van der Waals surface area contributed by atoms with Crippen LogP contribution in [0.15, 0.2) is 42.5 Å². The van der Waals surface area contributed by atoms with Gasteiger partial charge < -0.3 is 15.5 Å². The van der Waals surface area contributed by atoms with E-state index in [2.05, 4.69) is 10.6 Å². The Morgan fingerprint density at radius 1 is 1.18 bits per heavy atom. The van der Waals surface area contributed by atoms with E-state index in [0.717, 1.165) is 30.6 Å². The van der Waals surface area contributed by atoms with Gasteiger partial charge in [-0.2, -0.15) is 0 Å². The number of amides is 2. The molecular weight excluding hydrogens is 357 g/mol. The first kappa shape index (κ1) is 18.5. The van der Waals surface area contributed by atoms with Crippen molar-refractivity contribution in [1.82, 2.24) is 10.2 Å². The lowest BCUT2D eigenvalue weighted by Gasteiger charge is -2.49. The highest BCUT2D eigenvalue weighted by molar-refractivity contribution is 6.02. The molecule has 28 heavy (non-hydrogen) atoms. The number of benzene rings is 2. The van der Waals surface area contributed by atoms with E-state index < -0.39 is 5.41 Å². The number of rotatable bonds is 4. The number of fused-ring (bicyclic) bond motifs is 1. The van der Waals surface area contributed by atoms with Crippen molar-refractivity contribution in [3.05, 3.63) is 65.0 Å². The maximum atomic E-state index is 14.1. The van der Waals surface area contributed by atoms with E-state index in [-0.39, 0.29) is 37.1 Å². The molecule has 0 bridgehead atoms. The smallest absolute Gasteiger partial charge is 0.256 e. The maximum absolute atomic E-state index is 14.1. The lowest BCUT2D eigenvalue weighted by molar-refractivity contribution is -0.138. The van der Waals surface area contributed by atoms with Gasteiger partial charge in [0.15, 0.2) is 0 Å². The lowest BCUT2D eigenvalue weighted by atomic mass is 9.73. The Morgan fingerprint density at radius 3 is 2.71 bits per heavy atom. The zero-order chi connectivity index (χ0) is 19.7. The van der Waals surface area contributed by atoms with Crippen LogP contribution in [0, 0.1) is 11.2 Å². The first-order valence-electron chi connectivity index (χ1n) is 9.65. The van der Waals surface area contributed by atoms with Crippen LogP contribution in [-0.4, -0.2) is 43.4 Å². The summed E-state index contributed by atoms with van der Waals surface area (Å²) in [6.45, 7) is 1.42. The lowest BCUT2D eigenvalue weighted by Crippen LogP contribution is -2.65. The normalized spacial score (nSPS) is 17.1. The Balaban J connectivity index is 1.55. The van der Waals surface area contributed by atoms with Crippen LogP contribution in [0.5, 0.6) is 0 Å². The minimum Gasteiger partial charge on any atom is -0.384 e. The molecule has 2 heterocycles. The molecule has 0 aromatic heterocycles. The van der Waals surface area contributed by atoms with E-state index in [9.17, 15) is 14.0 Å². The number of hydrogen-bond acceptors (Lipinski definition) is 3. The summed E-state index contributed by atoms with van der Waals surface area (Å²) in [5.74, 6) is -0.566. The highest BCUT2D eigenvalue weighted by Gasteiger charge is 2.51. The summed E-state index contributed by atoms with van der Waals surface area (Å²) in [7, 11) is 1.58. The number of para-hydroxylation sites is 1. The maximum Gasteiger partial charge on any atom is 0.256 e. The third-order valence-corrected chi connectivity index (χ3v) is 5.78. The van der Waals surface area contributed by atoms with Crippen molar-refractivity contribution in [3.8, 4) is 0 Å². The first-order valence-corrected chi connectivity index (χ1v) is 9.65. The minimum atomic E-state index is -0.797. The summed E-state index contributed by atoms with van der Waals surface area (Å²) < 4.78 is 14.1. The van der Waals surface area contributed by atoms with Gasteiger partial charge in [-0.3, -0.25) is 9.59 Å². The highest BCUT2D eigenvalue weighted by Crippen LogP contribution is 2.37. The van der Waals surface area contributed by atoms with Crippen LogP contribution in [0.4, 0.5) is 10.1 Å². The molecule has 0 spiro atoms. The summed E-state index contributed by atoms with van der Waals surface area (Å²) >= 11 is 0. The number of aryl methyl sites for hydroxylation is 1. The second kappa shape index (κ2) is 7.26. The molecule has 0 aliphatic carbocycles. The second-order valence-corrected chi connectivity index (χ2v) is 7.66. The fourth-order valence-corrected chi connectivity index (χ4v) is 4.29. The summed E-state index contributed by atoms with van der Waals surface area (Å²) in [5.41, 5.74) is 2.41. The molecule has 0 radical (unpaired) electrons. The van der Waals surface area contributed by atoms with E-state index in [1.165, 1.54) is 6.07 Å². The van der Waals surface area contributed by atoms with Crippen molar-refractivity contribution in [2.24, 2.45) is 5.41 Å². The molecule has 6 heteroatoms. The molecule has 2 N–H and O–H groups in total. The van der Waals surface area contributed by atoms with Gasteiger partial charge in [0, 0.05) is 26.7 Å². The molecule has 0 unspecified atom stereocenters. The van der Waals surface area contributed by atoms with Crippen LogP contribution in [0.3, 0.4) is 0 Å². The molecule has 1 saturated heterocycles. The second-order valence-electron chi connectivity index (χ2n) is 7.66. The molecule has 0 atom stereocenters. The zero-order valence-corrected chi connectivity index (χ0v) is 15.9. The van der Waals surface area contributed by atoms with E-state index in [0.29, 0.717) is 11.1 Å². The van der Waals surface area contributed by atoms with Crippen LogP contribution in [0.1, 0.15) is 27.9 Å². The molecule has 2 aliphatic heterocycles. The Morgan fingerprint density at radius 2 is 1.96 bits per heavy atom. The van der Waals surface area contributed by atoms with Crippen LogP contribution >= 0.6 is 0 Å². The van der Waals surface area contributed by atoms with Crippen molar-refractivity contribution < 1.29 is 14.0 Å². The van der Waals surface area contributed by atoms with Crippen LogP contribution in [-0.2, 0) is 17.6 Å². The van der Waals surface area contributed by atoms with E-state index >= 15 is 0 Å². The number of carbonyl (C=O) groups is 2.